The van der Waals surface area contributed by atoms with Crippen LogP contribution in [0.15, 0.2) is 6.20 Å². The summed E-state index contributed by atoms with van der Waals surface area (Å²) < 4.78 is 0. The second kappa shape index (κ2) is 3.45. The van der Waals surface area contributed by atoms with Crippen LogP contribution in [0, 0.1) is 13.8 Å². The van der Waals surface area contributed by atoms with Gasteiger partial charge in [-0.3, -0.25) is 9.59 Å². The van der Waals surface area contributed by atoms with Crippen molar-refractivity contribution in [2.24, 2.45) is 11.5 Å². The minimum Gasteiger partial charge on any atom is -0.366 e. The Morgan fingerprint density at radius 2 is 1.71 bits per heavy atom. The third kappa shape index (κ3) is 1.56. The molecule has 0 fully saturated rings. The van der Waals surface area contributed by atoms with Gasteiger partial charge in [0.1, 0.15) is 5.69 Å². The van der Waals surface area contributed by atoms with Gasteiger partial charge in [-0.25, -0.2) is 4.98 Å². The van der Waals surface area contributed by atoms with Crippen molar-refractivity contribution in [2.75, 3.05) is 0 Å². The third-order valence-electron chi connectivity index (χ3n) is 2.14. The lowest BCUT2D eigenvalue weighted by Crippen LogP contribution is -2.19. The van der Waals surface area contributed by atoms with Crippen molar-refractivity contribution in [1.82, 2.24) is 4.98 Å². The van der Waals surface area contributed by atoms with Gasteiger partial charge in [0.05, 0.1) is 5.56 Å². The number of hydrogen-bond acceptors (Lipinski definition) is 3. The standard InChI is InChI=1S/C9H11N3O2/c1-4-5(2)7(9(11)14)12-3-6(4)8(10)13/h3H,1-2H3,(H2,10,13)(H2,11,14). The van der Waals surface area contributed by atoms with Gasteiger partial charge in [0.2, 0.25) is 0 Å². The average Bonchev–Trinajstić information content (AvgIpc) is 2.08. The fourth-order valence-corrected chi connectivity index (χ4v) is 1.20. The first-order valence-corrected chi connectivity index (χ1v) is 4.01. The summed E-state index contributed by atoms with van der Waals surface area (Å²) in [6, 6.07) is 0. The first-order chi connectivity index (χ1) is 6.45. The van der Waals surface area contributed by atoms with Crippen molar-refractivity contribution in [2.45, 2.75) is 13.8 Å². The number of primary amides is 2. The van der Waals surface area contributed by atoms with Crippen LogP contribution < -0.4 is 11.5 Å². The van der Waals surface area contributed by atoms with Gasteiger partial charge in [-0.2, -0.15) is 0 Å². The molecule has 14 heavy (non-hydrogen) atoms. The molecule has 0 bridgehead atoms. The molecule has 0 saturated heterocycles. The molecule has 0 atom stereocenters. The molecule has 0 aliphatic heterocycles. The van der Waals surface area contributed by atoms with E-state index < -0.39 is 11.8 Å². The SMILES string of the molecule is Cc1c(C(N)=O)cnc(C(N)=O)c1C. The zero-order chi connectivity index (χ0) is 10.9. The molecule has 1 heterocycles. The highest BCUT2D eigenvalue weighted by Crippen LogP contribution is 2.14. The Kier molecular flexibility index (Phi) is 2.51. The van der Waals surface area contributed by atoms with E-state index in [9.17, 15) is 9.59 Å². The molecule has 2 amide bonds. The smallest absolute Gasteiger partial charge is 0.267 e. The Bertz CT molecular complexity index is 374. The lowest BCUT2D eigenvalue weighted by molar-refractivity contribution is 0.0983. The van der Waals surface area contributed by atoms with Gasteiger partial charge in [0.25, 0.3) is 11.8 Å². The van der Waals surface area contributed by atoms with E-state index in [0.717, 1.165) is 0 Å². The normalized spacial score (nSPS) is 9.86. The number of nitrogens with two attached hydrogens (primary N) is 2. The van der Waals surface area contributed by atoms with Crippen LogP contribution in [0.1, 0.15) is 32.0 Å². The number of nitrogens with zero attached hydrogens (tertiary/aromatic N) is 1. The van der Waals surface area contributed by atoms with Crippen LogP contribution in [0.3, 0.4) is 0 Å². The molecule has 74 valence electrons. The molecular formula is C9H11N3O2. The van der Waals surface area contributed by atoms with Gasteiger partial charge in [0.15, 0.2) is 0 Å². The summed E-state index contributed by atoms with van der Waals surface area (Å²) in [4.78, 5) is 25.6. The van der Waals surface area contributed by atoms with E-state index in [2.05, 4.69) is 4.98 Å². The Morgan fingerprint density at radius 3 is 2.14 bits per heavy atom. The Labute approximate surface area is 81.1 Å². The second-order valence-electron chi connectivity index (χ2n) is 3.00. The molecule has 0 aliphatic carbocycles. The summed E-state index contributed by atoms with van der Waals surface area (Å²) in [6.07, 6.45) is 1.27. The first-order valence-electron chi connectivity index (χ1n) is 4.01. The number of aromatic nitrogens is 1. The maximum absolute atomic E-state index is 10.9. The van der Waals surface area contributed by atoms with E-state index in [-0.39, 0.29) is 5.69 Å². The summed E-state index contributed by atoms with van der Waals surface area (Å²) in [6.45, 7) is 3.37. The van der Waals surface area contributed by atoms with Gasteiger partial charge in [-0.05, 0) is 25.0 Å². The maximum Gasteiger partial charge on any atom is 0.267 e. The van der Waals surface area contributed by atoms with E-state index in [1.54, 1.807) is 13.8 Å². The number of hydrogen-bond donors (Lipinski definition) is 2. The van der Waals surface area contributed by atoms with Crippen molar-refractivity contribution < 1.29 is 9.59 Å². The molecular weight excluding hydrogens is 182 g/mol. The third-order valence-corrected chi connectivity index (χ3v) is 2.14. The van der Waals surface area contributed by atoms with Crippen LogP contribution in [-0.2, 0) is 0 Å². The topological polar surface area (TPSA) is 99.1 Å². The summed E-state index contributed by atoms with van der Waals surface area (Å²) in [5.74, 6) is -1.17. The second-order valence-corrected chi connectivity index (χ2v) is 3.00. The molecule has 0 saturated carbocycles. The molecule has 0 aliphatic rings. The Balaban J connectivity index is 3.41. The molecule has 0 spiro atoms. The zero-order valence-electron chi connectivity index (χ0n) is 8.00. The summed E-state index contributed by atoms with van der Waals surface area (Å²) >= 11 is 0. The van der Waals surface area contributed by atoms with Crippen molar-refractivity contribution in [3.05, 3.63) is 28.6 Å². The van der Waals surface area contributed by atoms with Gasteiger partial charge in [-0.15, -0.1) is 0 Å². The molecule has 0 unspecified atom stereocenters. The number of carbonyl (C=O) groups is 2. The molecule has 5 nitrogen and oxygen atoms in total. The van der Waals surface area contributed by atoms with Crippen LogP contribution >= 0.6 is 0 Å². The lowest BCUT2D eigenvalue weighted by Gasteiger charge is -2.07. The monoisotopic (exact) mass is 193 g/mol. The van der Waals surface area contributed by atoms with Gasteiger partial charge in [-0.1, -0.05) is 0 Å². The summed E-state index contributed by atoms with van der Waals surface area (Å²) in [7, 11) is 0. The molecule has 1 aromatic heterocycles. The van der Waals surface area contributed by atoms with Crippen LogP contribution in [0.25, 0.3) is 0 Å². The highest BCUT2D eigenvalue weighted by atomic mass is 16.1. The van der Waals surface area contributed by atoms with Crippen molar-refractivity contribution in [3.63, 3.8) is 0 Å². The van der Waals surface area contributed by atoms with Crippen LogP contribution in [0.5, 0.6) is 0 Å². The molecule has 0 radical (unpaired) electrons. The van der Waals surface area contributed by atoms with E-state index >= 15 is 0 Å². The first kappa shape index (κ1) is 10.2. The van der Waals surface area contributed by atoms with Crippen LogP contribution in [-0.4, -0.2) is 16.8 Å². The highest BCUT2D eigenvalue weighted by Gasteiger charge is 2.14. The Morgan fingerprint density at radius 1 is 1.14 bits per heavy atom. The molecule has 0 aromatic carbocycles. The largest absolute Gasteiger partial charge is 0.366 e. The average molecular weight is 193 g/mol. The predicted molar refractivity (Wildman–Crippen MR) is 50.7 cm³/mol. The van der Waals surface area contributed by atoms with E-state index in [0.29, 0.717) is 16.7 Å². The number of carbonyl (C=O) groups excluding carboxylic acids is 2. The fourth-order valence-electron chi connectivity index (χ4n) is 1.20. The van der Waals surface area contributed by atoms with Gasteiger partial charge in [0, 0.05) is 6.20 Å². The fraction of sp³-hybridized carbons (Fsp3) is 0.222. The van der Waals surface area contributed by atoms with E-state index in [4.69, 9.17) is 11.5 Å². The number of pyridine rings is 1. The van der Waals surface area contributed by atoms with Crippen molar-refractivity contribution >= 4 is 11.8 Å². The van der Waals surface area contributed by atoms with E-state index in [1.165, 1.54) is 6.20 Å². The summed E-state index contributed by atoms with van der Waals surface area (Å²) in [5, 5.41) is 0. The van der Waals surface area contributed by atoms with Crippen LogP contribution in [0.2, 0.25) is 0 Å². The molecule has 1 aromatic rings. The van der Waals surface area contributed by atoms with Crippen molar-refractivity contribution in [1.29, 1.82) is 0 Å². The Hall–Kier alpha value is -1.91. The quantitative estimate of drug-likeness (QED) is 0.685. The molecule has 1 rings (SSSR count). The maximum atomic E-state index is 10.9. The van der Waals surface area contributed by atoms with E-state index in [1.807, 2.05) is 0 Å². The van der Waals surface area contributed by atoms with Crippen LogP contribution in [0.4, 0.5) is 0 Å². The number of amides is 2. The lowest BCUT2D eigenvalue weighted by atomic mass is 10.0. The predicted octanol–water partition coefficient (Wildman–Crippen LogP) is -0.104. The summed E-state index contributed by atoms with van der Waals surface area (Å²) in [5.41, 5.74) is 11.9. The van der Waals surface area contributed by atoms with Gasteiger partial charge >= 0.3 is 0 Å². The minimum absolute atomic E-state index is 0.174. The van der Waals surface area contributed by atoms with Crippen molar-refractivity contribution in [3.8, 4) is 0 Å². The minimum atomic E-state index is -0.610. The highest BCUT2D eigenvalue weighted by molar-refractivity contribution is 5.97. The zero-order valence-corrected chi connectivity index (χ0v) is 8.00. The molecule has 4 N–H and O–H groups in total. The van der Waals surface area contributed by atoms with Gasteiger partial charge < -0.3 is 11.5 Å². The molecule has 5 heteroatoms. The number of rotatable bonds is 2.